The Morgan fingerprint density at radius 1 is 1.13 bits per heavy atom. The molecule has 1 aliphatic carbocycles. The Kier molecular flexibility index (Phi) is 5.25. The van der Waals surface area contributed by atoms with Crippen molar-refractivity contribution in [3.05, 3.63) is 59.9 Å². The minimum absolute atomic E-state index is 0.193. The van der Waals surface area contributed by atoms with Gasteiger partial charge in [-0.3, -0.25) is 9.78 Å². The molecule has 2 aromatic rings. The molecule has 1 aromatic heterocycles. The second-order valence-corrected chi connectivity index (χ2v) is 5.95. The molecule has 1 N–H and O–H groups in total. The van der Waals surface area contributed by atoms with Crippen molar-refractivity contribution in [3.8, 4) is 5.75 Å². The predicted octanol–water partition coefficient (Wildman–Crippen LogP) is 3.47. The van der Waals surface area contributed by atoms with Crippen LogP contribution in [0.15, 0.2) is 48.7 Å². The van der Waals surface area contributed by atoms with Crippen LogP contribution in [0.1, 0.15) is 36.9 Å². The molecule has 0 spiro atoms. The Morgan fingerprint density at radius 3 is 2.61 bits per heavy atom. The van der Waals surface area contributed by atoms with Crippen LogP contribution in [-0.2, 0) is 17.9 Å². The quantitative estimate of drug-likeness (QED) is 0.889. The Labute approximate surface area is 136 Å². The van der Waals surface area contributed by atoms with Gasteiger partial charge in [-0.2, -0.15) is 0 Å². The zero-order valence-electron chi connectivity index (χ0n) is 13.2. The highest BCUT2D eigenvalue weighted by Gasteiger charge is 2.21. The van der Waals surface area contributed by atoms with Gasteiger partial charge in [-0.15, -0.1) is 0 Å². The minimum Gasteiger partial charge on any atom is -0.487 e. The molecule has 4 heteroatoms. The maximum atomic E-state index is 12.0. The van der Waals surface area contributed by atoms with Crippen LogP contribution in [-0.4, -0.2) is 10.9 Å². The molecule has 1 amide bonds. The smallest absolute Gasteiger partial charge is 0.223 e. The van der Waals surface area contributed by atoms with Crippen molar-refractivity contribution >= 4 is 5.91 Å². The van der Waals surface area contributed by atoms with Gasteiger partial charge in [0, 0.05) is 18.7 Å². The number of hydrogen-bond acceptors (Lipinski definition) is 3. The molecule has 4 nitrogen and oxygen atoms in total. The van der Waals surface area contributed by atoms with Gasteiger partial charge in [0.05, 0.1) is 5.69 Å². The standard InChI is InChI=1S/C19H22N2O2/c22-19(16-5-1-2-6-16)21-13-15-8-10-18(11-9-15)23-14-17-7-3-4-12-20-17/h3-4,7-12,16H,1-2,5-6,13-14H2,(H,21,22). The monoisotopic (exact) mass is 310 g/mol. The number of rotatable bonds is 6. The fourth-order valence-corrected chi connectivity index (χ4v) is 2.87. The molecule has 23 heavy (non-hydrogen) atoms. The molecule has 1 aromatic carbocycles. The van der Waals surface area contributed by atoms with Crippen molar-refractivity contribution in [2.45, 2.75) is 38.8 Å². The Morgan fingerprint density at radius 2 is 1.91 bits per heavy atom. The first kappa shape index (κ1) is 15.5. The summed E-state index contributed by atoms with van der Waals surface area (Å²) in [6.45, 7) is 1.04. The maximum absolute atomic E-state index is 12.0. The number of carbonyl (C=O) groups is 1. The Bertz CT molecular complexity index is 620. The van der Waals surface area contributed by atoms with Crippen LogP contribution in [0.25, 0.3) is 0 Å². The van der Waals surface area contributed by atoms with Gasteiger partial charge in [-0.25, -0.2) is 0 Å². The number of carbonyl (C=O) groups excluding carboxylic acids is 1. The van der Waals surface area contributed by atoms with Crippen LogP contribution in [0, 0.1) is 5.92 Å². The molecule has 0 unspecified atom stereocenters. The zero-order chi connectivity index (χ0) is 15.9. The highest BCUT2D eigenvalue weighted by Crippen LogP contribution is 2.24. The van der Waals surface area contributed by atoms with Crippen LogP contribution in [0.5, 0.6) is 5.75 Å². The molecule has 0 bridgehead atoms. The van der Waals surface area contributed by atoms with Gasteiger partial charge in [-0.05, 0) is 42.7 Å². The second kappa shape index (κ2) is 7.77. The van der Waals surface area contributed by atoms with Crippen molar-refractivity contribution in [2.75, 3.05) is 0 Å². The van der Waals surface area contributed by atoms with Crippen molar-refractivity contribution in [1.29, 1.82) is 0 Å². The molecule has 3 rings (SSSR count). The van der Waals surface area contributed by atoms with E-state index in [2.05, 4.69) is 10.3 Å². The molecule has 1 fully saturated rings. The van der Waals surface area contributed by atoms with Crippen LogP contribution in [0.3, 0.4) is 0 Å². The summed E-state index contributed by atoms with van der Waals surface area (Å²) in [7, 11) is 0. The summed E-state index contributed by atoms with van der Waals surface area (Å²) in [5.74, 6) is 1.22. The lowest BCUT2D eigenvalue weighted by atomic mass is 10.1. The highest BCUT2D eigenvalue weighted by molar-refractivity contribution is 5.78. The maximum Gasteiger partial charge on any atom is 0.223 e. The third-order valence-corrected chi connectivity index (χ3v) is 4.23. The van der Waals surface area contributed by atoms with Crippen molar-refractivity contribution < 1.29 is 9.53 Å². The third-order valence-electron chi connectivity index (χ3n) is 4.23. The number of nitrogens with zero attached hydrogens (tertiary/aromatic N) is 1. The minimum atomic E-state index is 0.193. The van der Waals surface area contributed by atoms with Crippen molar-refractivity contribution in [1.82, 2.24) is 10.3 Å². The van der Waals surface area contributed by atoms with E-state index in [-0.39, 0.29) is 11.8 Å². The predicted molar refractivity (Wildman–Crippen MR) is 88.8 cm³/mol. The Hall–Kier alpha value is -2.36. The molecule has 1 saturated carbocycles. The van der Waals surface area contributed by atoms with E-state index in [4.69, 9.17) is 4.74 Å². The first-order valence-electron chi connectivity index (χ1n) is 8.20. The lowest BCUT2D eigenvalue weighted by Gasteiger charge is -2.11. The first-order valence-corrected chi connectivity index (χ1v) is 8.20. The summed E-state index contributed by atoms with van der Waals surface area (Å²) in [6, 6.07) is 13.6. The Balaban J connectivity index is 1.46. The fourth-order valence-electron chi connectivity index (χ4n) is 2.87. The van der Waals surface area contributed by atoms with E-state index in [0.717, 1.165) is 29.8 Å². The molecule has 0 saturated heterocycles. The van der Waals surface area contributed by atoms with Gasteiger partial charge in [0.1, 0.15) is 12.4 Å². The number of amides is 1. The van der Waals surface area contributed by atoms with Crippen molar-refractivity contribution in [3.63, 3.8) is 0 Å². The topological polar surface area (TPSA) is 51.2 Å². The van der Waals surface area contributed by atoms with E-state index in [1.165, 1.54) is 12.8 Å². The van der Waals surface area contributed by atoms with Crippen LogP contribution in [0.2, 0.25) is 0 Å². The second-order valence-electron chi connectivity index (χ2n) is 5.95. The average molecular weight is 310 g/mol. The van der Waals surface area contributed by atoms with E-state index in [1.54, 1.807) is 6.20 Å². The van der Waals surface area contributed by atoms with E-state index in [9.17, 15) is 4.79 Å². The first-order chi connectivity index (χ1) is 11.3. The van der Waals surface area contributed by atoms with E-state index < -0.39 is 0 Å². The van der Waals surface area contributed by atoms with Crippen LogP contribution in [0.4, 0.5) is 0 Å². The third kappa shape index (κ3) is 4.55. The van der Waals surface area contributed by atoms with Gasteiger partial charge >= 0.3 is 0 Å². The molecular weight excluding hydrogens is 288 g/mol. The normalized spacial score (nSPS) is 14.6. The average Bonchev–Trinajstić information content (AvgIpc) is 3.14. The molecule has 0 atom stereocenters. The fraction of sp³-hybridized carbons (Fsp3) is 0.368. The highest BCUT2D eigenvalue weighted by atomic mass is 16.5. The summed E-state index contributed by atoms with van der Waals surface area (Å²) < 4.78 is 5.70. The van der Waals surface area contributed by atoms with Crippen molar-refractivity contribution in [2.24, 2.45) is 5.92 Å². The molecular formula is C19H22N2O2. The lowest BCUT2D eigenvalue weighted by Crippen LogP contribution is -2.28. The summed E-state index contributed by atoms with van der Waals surface area (Å²) in [5.41, 5.74) is 1.99. The molecule has 0 aliphatic heterocycles. The number of aromatic nitrogens is 1. The molecule has 1 aliphatic rings. The molecule has 1 heterocycles. The van der Waals surface area contributed by atoms with Crippen LogP contribution >= 0.6 is 0 Å². The van der Waals surface area contributed by atoms with Gasteiger partial charge in [0.2, 0.25) is 5.91 Å². The summed E-state index contributed by atoms with van der Waals surface area (Å²) in [5, 5.41) is 3.03. The van der Waals surface area contributed by atoms with Gasteiger partial charge in [0.25, 0.3) is 0 Å². The SMILES string of the molecule is O=C(NCc1ccc(OCc2ccccn2)cc1)C1CCCC1. The molecule has 120 valence electrons. The largest absolute Gasteiger partial charge is 0.487 e. The van der Waals surface area contributed by atoms with E-state index in [0.29, 0.717) is 13.2 Å². The van der Waals surface area contributed by atoms with Gasteiger partial charge < -0.3 is 10.1 Å². The number of benzene rings is 1. The zero-order valence-corrected chi connectivity index (χ0v) is 13.2. The summed E-state index contributed by atoms with van der Waals surface area (Å²) in [6.07, 6.45) is 6.19. The van der Waals surface area contributed by atoms with E-state index >= 15 is 0 Å². The summed E-state index contributed by atoms with van der Waals surface area (Å²) >= 11 is 0. The van der Waals surface area contributed by atoms with E-state index in [1.807, 2.05) is 42.5 Å². The number of hydrogen-bond donors (Lipinski definition) is 1. The number of ether oxygens (including phenoxy) is 1. The van der Waals surface area contributed by atoms with Gasteiger partial charge in [0.15, 0.2) is 0 Å². The molecule has 0 radical (unpaired) electrons. The number of pyridine rings is 1. The number of nitrogens with one attached hydrogen (secondary N) is 1. The van der Waals surface area contributed by atoms with Crippen LogP contribution < -0.4 is 10.1 Å². The van der Waals surface area contributed by atoms with Gasteiger partial charge in [-0.1, -0.05) is 31.0 Å². The summed E-state index contributed by atoms with van der Waals surface area (Å²) in [4.78, 5) is 16.2. The lowest BCUT2D eigenvalue weighted by molar-refractivity contribution is -0.124.